The Hall–Kier alpha value is -1.29. The van der Waals surface area contributed by atoms with Crippen molar-refractivity contribution in [2.75, 3.05) is 21.3 Å². The molecule has 0 saturated carbocycles. The van der Waals surface area contributed by atoms with E-state index >= 15 is 0 Å². The molecular formula is C17H28FNO2. The number of methoxy groups -OCH3 is 2. The van der Waals surface area contributed by atoms with E-state index < -0.39 is 0 Å². The van der Waals surface area contributed by atoms with Gasteiger partial charge in [0.15, 0.2) is 11.5 Å². The van der Waals surface area contributed by atoms with E-state index in [1.807, 2.05) is 7.05 Å². The van der Waals surface area contributed by atoms with Gasteiger partial charge in [0.2, 0.25) is 0 Å². The zero-order valence-electron chi connectivity index (χ0n) is 13.7. The summed E-state index contributed by atoms with van der Waals surface area (Å²) in [6.45, 7) is 2.20. The van der Waals surface area contributed by atoms with Crippen LogP contribution in [0.15, 0.2) is 12.1 Å². The van der Waals surface area contributed by atoms with Crippen LogP contribution in [0.1, 0.15) is 57.1 Å². The summed E-state index contributed by atoms with van der Waals surface area (Å²) in [6.07, 6.45) is 6.98. The molecule has 1 unspecified atom stereocenters. The fourth-order valence-corrected chi connectivity index (χ4v) is 2.54. The van der Waals surface area contributed by atoms with Crippen molar-refractivity contribution in [1.82, 2.24) is 5.32 Å². The van der Waals surface area contributed by atoms with Crippen LogP contribution in [0, 0.1) is 5.82 Å². The molecule has 0 aliphatic carbocycles. The van der Waals surface area contributed by atoms with Crippen molar-refractivity contribution in [2.24, 2.45) is 0 Å². The topological polar surface area (TPSA) is 30.5 Å². The minimum atomic E-state index is -0.249. The normalized spacial score (nSPS) is 12.2. The van der Waals surface area contributed by atoms with Crippen LogP contribution in [0.4, 0.5) is 4.39 Å². The number of ether oxygens (including phenoxy) is 2. The third kappa shape index (κ3) is 5.20. The highest BCUT2D eigenvalue weighted by Crippen LogP contribution is 2.33. The Bertz CT molecular complexity index is 423. The summed E-state index contributed by atoms with van der Waals surface area (Å²) in [4.78, 5) is 0. The van der Waals surface area contributed by atoms with Gasteiger partial charge in [-0.1, -0.05) is 39.0 Å². The fraction of sp³-hybridized carbons (Fsp3) is 0.647. The summed E-state index contributed by atoms with van der Waals surface area (Å²) in [5.41, 5.74) is 0.644. The second kappa shape index (κ2) is 9.61. The molecule has 1 atom stereocenters. The summed E-state index contributed by atoms with van der Waals surface area (Å²) < 4.78 is 24.6. The third-order valence-electron chi connectivity index (χ3n) is 3.82. The average molecular weight is 297 g/mol. The first-order valence-corrected chi connectivity index (χ1v) is 7.76. The molecule has 0 aliphatic heterocycles. The van der Waals surface area contributed by atoms with Gasteiger partial charge in [0.1, 0.15) is 5.82 Å². The van der Waals surface area contributed by atoms with E-state index in [4.69, 9.17) is 9.47 Å². The van der Waals surface area contributed by atoms with Crippen LogP contribution < -0.4 is 14.8 Å². The van der Waals surface area contributed by atoms with E-state index in [0.29, 0.717) is 17.1 Å². The first kappa shape index (κ1) is 17.8. The molecule has 3 nitrogen and oxygen atoms in total. The van der Waals surface area contributed by atoms with Crippen LogP contribution in [-0.4, -0.2) is 21.3 Å². The molecule has 0 radical (unpaired) electrons. The molecule has 0 heterocycles. The fourth-order valence-electron chi connectivity index (χ4n) is 2.54. The average Bonchev–Trinajstić information content (AvgIpc) is 2.51. The van der Waals surface area contributed by atoms with E-state index in [2.05, 4.69) is 12.2 Å². The van der Waals surface area contributed by atoms with Crippen LogP contribution in [0.5, 0.6) is 11.5 Å². The van der Waals surface area contributed by atoms with Crippen molar-refractivity contribution in [3.63, 3.8) is 0 Å². The number of rotatable bonds is 10. The van der Waals surface area contributed by atoms with Gasteiger partial charge >= 0.3 is 0 Å². The lowest BCUT2D eigenvalue weighted by atomic mass is 9.99. The van der Waals surface area contributed by atoms with E-state index in [0.717, 1.165) is 12.8 Å². The molecule has 120 valence electrons. The molecule has 0 saturated heterocycles. The highest BCUT2D eigenvalue weighted by Gasteiger charge is 2.18. The van der Waals surface area contributed by atoms with Crippen molar-refractivity contribution >= 4 is 0 Å². The summed E-state index contributed by atoms with van der Waals surface area (Å²) >= 11 is 0. The summed E-state index contributed by atoms with van der Waals surface area (Å²) in [5, 5.41) is 3.20. The molecule has 4 heteroatoms. The number of halogens is 1. The molecule has 0 fully saturated rings. The Morgan fingerprint density at radius 2 is 1.67 bits per heavy atom. The maximum absolute atomic E-state index is 14.2. The maximum atomic E-state index is 14.2. The Morgan fingerprint density at radius 3 is 2.24 bits per heavy atom. The second-order valence-corrected chi connectivity index (χ2v) is 5.27. The van der Waals surface area contributed by atoms with E-state index in [-0.39, 0.29) is 11.9 Å². The zero-order valence-corrected chi connectivity index (χ0v) is 13.7. The van der Waals surface area contributed by atoms with Gasteiger partial charge in [0, 0.05) is 17.7 Å². The number of benzene rings is 1. The van der Waals surface area contributed by atoms with Gasteiger partial charge in [-0.2, -0.15) is 0 Å². The molecule has 0 bridgehead atoms. The van der Waals surface area contributed by atoms with Crippen LogP contribution in [-0.2, 0) is 0 Å². The van der Waals surface area contributed by atoms with Crippen LogP contribution >= 0.6 is 0 Å². The number of hydrogen-bond donors (Lipinski definition) is 1. The summed E-state index contributed by atoms with van der Waals surface area (Å²) in [5.74, 6) is 0.747. The van der Waals surface area contributed by atoms with Gasteiger partial charge in [-0.05, 0) is 19.5 Å². The molecule has 0 aliphatic rings. The predicted octanol–water partition coefficient (Wildman–Crippen LogP) is 4.46. The monoisotopic (exact) mass is 297 g/mol. The Labute approximate surface area is 127 Å². The van der Waals surface area contributed by atoms with Crippen LogP contribution in [0.25, 0.3) is 0 Å². The minimum absolute atomic E-state index is 0.00596. The van der Waals surface area contributed by atoms with Gasteiger partial charge < -0.3 is 14.8 Å². The molecular weight excluding hydrogens is 269 g/mol. The van der Waals surface area contributed by atoms with Gasteiger partial charge in [-0.3, -0.25) is 0 Å². The van der Waals surface area contributed by atoms with Crippen molar-refractivity contribution in [2.45, 2.75) is 51.5 Å². The lowest BCUT2D eigenvalue weighted by Gasteiger charge is -2.19. The molecule has 0 aromatic heterocycles. The van der Waals surface area contributed by atoms with Crippen LogP contribution in [0.3, 0.4) is 0 Å². The Balaban J connectivity index is 2.75. The van der Waals surface area contributed by atoms with E-state index in [1.165, 1.54) is 38.9 Å². The summed E-state index contributed by atoms with van der Waals surface area (Å²) in [7, 11) is 4.95. The Kier molecular flexibility index (Phi) is 8.13. The van der Waals surface area contributed by atoms with Gasteiger partial charge in [0.25, 0.3) is 0 Å². The lowest BCUT2D eigenvalue weighted by Crippen LogP contribution is -2.18. The first-order chi connectivity index (χ1) is 10.2. The smallest absolute Gasteiger partial charge is 0.163 e. The standard InChI is InChI=1S/C17H28FNO2/c1-5-6-7-8-9-10-15(19-2)13-11-16(20-3)17(21-4)12-14(13)18/h11-12,15,19H,5-10H2,1-4H3. The molecule has 1 aromatic rings. The number of unbranched alkanes of at least 4 members (excludes halogenated alkanes) is 4. The zero-order chi connectivity index (χ0) is 15.7. The van der Waals surface area contributed by atoms with Crippen molar-refractivity contribution < 1.29 is 13.9 Å². The minimum Gasteiger partial charge on any atom is -0.493 e. The number of hydrogen-bond acceptors (Lipinski definition) is 3. The number of nitrogens with one attached hydrogen (secondary N) is 1. The van der Waals surface area contributed by atoms with Crippen molar-refractivity contribution in [3.05, 3.63) is 23.5 Å². The molecule has 1 aromatic carbocycles. The molecule has 0 spiro atoms. The van der Waals surface area contributed by atoms with Gasteiger partial charge in [0.05, 0.1) is 14.2 Å². The first-order valence-electron chi connectivity index (χ1n) is 7.76. The quantitative estimate of drug-likeness (QED) is 0.647. The Morgan fingerprint density at radius 1 is 1.05 bits per heavy atom. The predicted molar refractivity (Wildman–Crippen MR) is 84.7 cm³/mol. The van der Waals surface area contributed by atoms with Gasteiger partial charge in [-0.25, -0.2) is 4.39 Å². The lowest BCUT2D eigenvalue weighted by molar-refractivity contribution is 0.349. The maximum Gasteiger partial charge on any atom is 0.163 e. The van der Waals surface area contributed by atoms with Gasteiger partial charge in [-0.15, -0.1) is 0 Å². The van der Waals surface area contributed by atoms with E-state index in [9.17, 15) is 4.39 Å². The van der Waals surface area contributed by atoms with Crippen molar-refractivity contribution in [1.29, 1.82) is 0 Å². The van der Waals surface area contributed by atoms with Crippen molar-refractivity contribution in [3.8, 4) is 11.5 Å². The highest BCUT2D eigenvalue weighted by molar-refractivity contribution is 5.44. The van der Waals surface area contributed by atoms with E-state index in [1.54, 1.807) is 13.2 Å². The largest absolute Gasteiger partial charge is 0.493 e. The molecule has 1 rings (SSSR count). The SMILES string of the molecule is CCCCCCCC(NC)c1cc(OC)c(OC)cc1F. The molecule has 1 N–H and O–H groups in total. The second-order valence-electron chi connectivity index (χ2n) is 5.27. The third-order valence-corrected chi connectivity index (χ3v) is 3.82. The summed E-state index contributed by atoms with van der Waals surface area (Å²) in [6, 6.07) is 3.14. The highest BCUT2D eigenvalue weighted by atomic mass is 19.1. The molecule has 0 amide bonds. The molecule has 21 heavy (non-hydrogen) atoms. The van der Waals surface area contributed by atoms with Crippen LogP contribution in [0.2, 0.25) is 0 Å².